The maximum Gasteiger partial charge on any atom is 0.0794 e. The van der Waals surface area contributed by atoms with E-state index in [2.05, 4.69) is 17.2 Å². The Kier molecular flexibility index (Phi) is 6.23. The van der Waals surface area contributed by atoms with Crippen molar-refractivity contribution in [1.82, 2.24) is 10.3 Å². The number of nitrogens with zero attached hydrogens (tertiary/aromatic N) is 1. The minimum atomic E-state index is 0.590. The molecule has 0 fully saturated rings. The summed E-state index contributed by atoms with van der Waals surface area (Å²) in [6.45, 7) is 2.23. The van der Waals surface area contributed by atoms with E-state index >= 15 is 0 Å². The molecule has 1 heterocycles. The smallest absolute Gasteiger partial charge is 0.0794 e. The van der Waals surface area contributed by atoms with Crippen molar-refractivity contribution >= 4 is 23.1 Å². The number of rotatable bonds is 7. The Morgan fingerprint density at radius 3 is 3.07 bits per heavy atom. The van der Waals surface area contributed by atoms with Crippen molar-refractivity contribution in [1.29, 1.82) is 0 Å². The molecule has 0 aliphatic heterocycles. The third kappa shape index (κ3) is 4.44. The number of thiazole rings is 1. The van der Waals surface area contributed by atoms with E-state index < -0.39 is 0 Å². The number of aromatic nitrogens is 1. The zero-order valence-corrected chi connectivity index (χ0v) is 10.5. The standard InChI is InChI=1S/C10H18N2S2/c1-3-4-13-7-9(11-2)5-10-6-12-8-14-10/h6,8-9,11H,3-5,7H2,1-2H3. The highest BCUT2D eigenvalue weighted by atomic mass is 32.2. The van der Waals surface area contributed by atoms with E-state index in [0.29, 0.717) is 6.04 Å². The van der Waals surface area contributed by atoms with E-state index in [-0.39, 0.29) is 0 Å². The highest BCUT2D eigenvalue weighted by Crippen LogP contribution is 2.12. The molecule has 4 heteroatoms. The Balaban J connectivity index is 2.24. The fourth-order valence-corrected chi connectivity index (χ4v) is 2.90. The van der Waals surface area contributed by atoms with Crippen LogP contribution in [0.4, 0.5) is 0 Å². The first-order valence-electron chi connectivity index (χ1n) is 4.99. The van der Waals surface area contributed by atoms with Crippen molar-refractivity contribution in [3.8, 4) is 0 Å². The second kappa shape index (κ2) is 7.26. The largest absolute Gasteiger partial charge is 0.316 e. The molecular weight excluding hydrogens is 212 g/mol. The average Bonchev–Trinajstić information content (AvgIpc) is 2.69. The van der Waals surface area contributed by atoms with Crippen molar-refractivity contribution in [2.75, 3.05) is 18.6 Å². The summed E-state index contributed by atoms with van der Waals surface area (Å²) < 4.78 is 0. The summed E-state index contributed by atoms with van der Waals surface area (Å²) in [5, 5.41) is 3.36. The van der Waals surface area contributed by atoms with E-state index in [0.717, 1.165) is 6.42 Å². The van der Waals surface area contributed by atoms with Gasteiger partial charge >= 0.3 is 0 Å². The van der Waals surface area contributed by atoms with Gasteiger partial charge in [-0.3, -0.25) is 4.98 Å². The molecule has 2 nitrogen and oxygen atoms in total. The number of hydrogen-bond acceptors (Lipinski definition) is 4. The summed E-state index contributed by atoms with van der Waals surface area (Å²) in [5.41, 5.74) is 1.90. The maximum absolute atomic E-state index is 4.09. The molecule has 0 spiro atoms. The Labute approximate surface area is 94.5 Å². The Morgan fingerprint density at radius 1 is 1.64 bits per heavy atom. The Morgan fingerprint density at radius 2 is 2.50 bits per heavy atom. The molecule has 1 rings (SSSR count). The van der Waals surface area contributed by atoms with Gasteiger partial charge in [-0.15, -0.1) is 11.3 Å². The average molecular weight is 230 g/mol. The van der Waals surface area contributed by atoms with E-state index in [1.807, 2.05) is 30.5 Å². The first kappa shape index (κ1) is 12.0. The molecule has 1 aromatic heterocycles. The summed E-state index contributed by atoms with van der Waals surface area (Å²) in [6.07, 6.45) is 4.35. The lowest BCUT2D eigenvalue weighted by atomic mass is 10.2. The summed E-state index contributed by atoms with van der Waals surface area (Å²) in [5.74, 6) is 2.46. The molecule has 1 N–H and O–H groups in total. The highest BCUT2D eigenvalue weighted by molar-refractivity contribution is 7.99. The van der Waals surface area contributed by atoms with Crippen LogP contribution < -0.4 is 5.32 Å². The predicted molar refractivity (Wildman–Crippen MR) is 66.3 cm³/mol. The predicted octanol–water partition coefficient (Wildman–Crippen LogP) is 2.42. The number of thioether (sulfide) groups is 1. The summed E-state index contributed by atoms with van der Waals surface area (Å²) in [6, 6.07) is 0.590. The third-order valence-corrected chi connectivity index (χ3v) is 4.14. The second-order valence-electron chi connectivity index (χ2n) is 3.23. The van der Waals surface area contributed by atoms with Crippen LogP contribution in [0.2, 0.25) is 0 Å². The van der Waals surface area contributed by atoms with Gasteiger partial charge in [0.15, 0.2) is 0 Å². The van der Waals surface area contributed by atoms with Gasteiger partial charge in [-0.25, -0.2) is 0 Å². The van der Waals surface area contributed by atoms with Crippen molar-refractivity contribution in [2.24, 2.45) is 0 Å². The molecule has 0 aliphatic carbocycles. The topological polar surface area (TPSA) is 24.9 Å². The van der Waals surface area contributed by atoms with Crippen LogP contribution in [0, 0.1) is 0 Å². The van der Waals surface area contributed by atoms with Crippen LogP contribution in [0.5, 0.6) is 0 Å². The lowest BCUT2D eigenvalue weighted by Gasteiger charge is -2.14. The third-order valence-electron chi connectivity index (χ3n) is 2.01. The van der Waals surface area contributed by atoms with Gasteiger partial charge < -0.3 is 5.32 Å². The summed E-state index contributed by atoms with van der Waals surface area (Å²) in [4.78, 5) is 5.47. The summed E-state index contributed by atoms with van der Waals surface area (Å²) in [7, 11) is 2.04. The van der Waals surface area contributed by atoms with Gasteiger partial charge in [0.25, 0.3) is 0 Å². The molecule has 0 bridgehead atoms. The molecule has 1 unspecified atom stereocenters. The monoisotopic (exact) mass is 230 g/mol. The molecule has 0 saturated heterocycles. The zero-order valence-electron chi connectivity index (χ0n) is 8.82. The normalized spacial score (nSPS) is 13.0. The molecule has 0 amide bonds. The first-order valence-corrected chi connectivity index (χ1v) is 7.02. The van der Waals surface area contributed by atoms with Gasteiger partial charge in [-0.05, 0) is 25.6 Å². The van der Waals surface area contributed by atoms with Gasteiger partial charge in [0, 0.05) is 22.9 Å². The minimum absolute atomic E-state index is 0.590. The van der Waals surface area contributed by atoms with Crippen molar-refractivity contribution in [3.05, 3.63) is 16.6 Å². The molecule has 0 saturated carbocycles. The van der Waals surface area contributed by atoms with Crippen LogP contribution in [-0.2, 0) is 6.42 Å². The van der Waals surface area contributed by atoms with Gasteiger partial charge in [0.1, 0.15) is 0 Å². The van der Waals surface area contributed by atoms with Gasteiger partial charge in [0.05, 0.1) is 5.51 Å². The molecule has 1 aromatic rings. The maximum atomic E-state index is 4.09. The molecule has 0 aliphatic rings. The number of nitrogens with one attached hydrogen (secondary N) is 1. The van der Waals surface area contributed by atoms with E-state index in [1.54, 1.807) is 11.3 Å². The van der Waals surface area contributed by atoms with Gasteiger partial charge in [-0.2, -0.15) is 11.8 Å². The molecular formula is C10H18N2S2. The van der Waals surface area contributed by atoms with E-state index in [9.17, 15) is 0 Å². The first-order chi connectivity index (χ1) is 6.86. The number of hydrogen-bond donors (Lipinski definition) is 1. The molecule has 80 valence electrons. The van der Waals surface area contributed by atoms with Crippen LogP contribution in [0.15, 0.2) is 11.7 Å². The van der Waals surface area contributed by atoms with E-state index in [1.165, 1.54) is 22.8 Å². The van der Waals surface area contributed by atoms with Crippen LogP contribution in [0.25, 0.3) is 0 Å². The molecule has 1 atom stereocenters. The Bertz CT molecular complexity index is 224. The van der Waals surface area contributed by atoms with Crippen molar-refractivity contribution in [2.45, 2.75) is 25.8 Å². The SMILES string of the molecule is CCCSCC(Cc1cncs1)NC. The zero-order chi connectivity index (χ0) is 10.2. The molecule has 14 heavy (non-hydrogen) atoms. The number of likely N-dealkylation sites (N-methyl/N-ethyl adjacent to an activating group) is 1. The van der Waals surface area contributed by atoms with Gasteiger partial charge in [0.2, 0.25) is 0 Å². The van der Waals surface area contributed by atoms with E-state index in [4.69, 9.17) is 0 Å². The lowest BCUT2D eigenvalue weighted by Crippen LogP contribution is -2.29. The molecule has 0 aromatic carbocycles. The van der Waals surface area contributed by atoms with Crippen molar-refractivity contribution in [3.63, 3.8) is 0 Å². The summed E-state index contributed by atoms with van der Waals surface area (Å²) >= 11 is 3.77. The van der Waals surface area contributed by atoms with Crippen LogP contribution >= 0.6 is 23.1 Å². The van der Waals surface area contributed by atoms with Crippen LogP contribution in [-0.4, -0.2) is 29.6 Å². The van der Waals surface area contributed by atoms with Crippen LogP contribution in [0.1, 0.15) is 18.2 Å². The van der Waals surface area contributed by atoms with Crippen molar-refractivity contribution < 1.29 is 0 Å². The minimum Gasteiger partial charge on any atom is -0.316 e. The highest BCUT2D eigenvalue weighted by Gasteiger charge is 2.07. The van der Waals surface area contributed by atoms with Gasteiger partial charge in [-0.1, -0.05) is 6.92 Å². The lowest BCUT2D eigenvalue weighted by molar-refractivity contribution is 0.621. The quantitative estimate of drug-likeness (QED) is 0.728. The van der Waals surface area contributed by atoms with Crippen LogP contribution in [0.3, 0.4) is 0 Å². The molecule has 0 radical (unpaired) electrons. The second-order valence-corrected chi connectivity index (χ2v) is 5.35. The fourth-order valence-electron chi connectivity index (χ4n) is 1.20. The Hall–Kier alpha value is -0.0600. The fraction of sp³-hybridized carbons (Fsp3) is 0.700.